The van der Waals surface area contributed by atoms with Crippen molar-refractivity contribution in [3.63, 3.8) is 0 Å². The Balaban J connectivity index is 1.82. The summed E-state index contributed by atoms with van der Waals surface area (Å²) in [6.07, 6.45) is 8.28. The number of hydrogen-bond acceptors (Lipinski definition) is 4. The minimum Gasteiger partial charge on any atom is -0.494 e. The van der Waals surface area contributed by atoms with Crippen LogP contribution in [0.15, 0.2) is 78.4 Å². The second-order valence-electron chi connectivity index (χ2n) is 7.71. The summed E-state index contributed by atoms with van der Waals surface area (Å²) in [5.41, 5.74) is 2.76. The van der Waals surface area contributed by atoms with Crippen molar-refractivity contribution >= 4 is 11.9 Å². The smallest absolute Gasteiger partial charge is 0.330 e. The highest BCUT2D eigenvalue weighted by molar-refractivity contribution is 5.94. The van der Waals surface area contributed by atoms with Crippen molar-refractivity contribution in [3.05, 3.63) is 89.5 Å². The van der Waals surface area contributed by atoms with Gasteiger partial charge in [-0.25, -0.2) is 4.79 Å². The average molecular weight is 434 g/mol. The first-order chi connectivity index (χ1) is 15.6. The molecule has 0 bridgehead atoms. The van der Waals surface area contributed by atoms with Crippen LogP contribution in [0.1, 0.15) is 55.1 Å². The summed E-state index contributed by atoms with van der Waals surface area (Å²) in [5.74, 6) is 0.592. The monoisotopic (exact) mass is 433 g/mol. The van der Waals surface area contributed by atoms with Gasteiger partial charge in [-0.15, -0.1) is 0 Å². The van der Waals surface area contributed by atoms with Crippen LogP contribution in [0.4, 0.5) is 0 Å². The lowest BCUT2D eigenvalue weighted by molar-refractivity contribution is -0.137. The summed E-state index contributed by atoms with van der Waals surface area (Å²) >= 11 is 0. The van der Waals surface area contributed by atoms with Crippen LogP contribution < -0.4 is 10.1 Å². The van der Waals surface area contributed by atoms with Crippen LogP contribution in [-0.4, -0.2) is 25.1 Å². The molecule has 0 aromatic heterocycles. The lowest BCUT2D eigenvalue weighted by Gasteiger charge is -2.28. The van der Waals surface area contributed by atoms with Crippen LogP contribution in [0.2, 0.25) is 0 Å². The van der Waals surface area contributed by atoms with Crippen molar-refractivity contribution in [1.82, 2.24) is 5.32 Å². The molecule has 5 heteroatoms. The quantitative estimate of drug-likeness (QED) is 0.327. The number of nitrogens with one attached hydrogen (secondary N) is 1. The van der Waals surface area contributed by atoms with Gasteiger partial charge in [-0.2, -0.15) is 0 Å². The summed E-state index contributed by atoms with van der Waals surface area (Å²) in [4.78, 5) is 24.7. The Morgan fingerprint density at radius 1 is 1.06 bits per heavy atom. The van der Waals surface area contributed by atoms with Gasteiger partial charge in [-0.05, 0) is 74.4 Å². The molecule has 2 atom stereocenters. The Morgan fingerprint density at radius 2 is 1.81 bits per heavy atom. The number of rotatable bonds is 9. The van der Waals surface area contributed by atoms with Gasteiger partial charge in [-0.3, -0.25) is 4.79 Å². The second kappa shape index (κ2) is 11.9. The zero-order chi connectivity index (χ0) is 22.8. The van der Waals surface area contributed by atoms with Gasteiger partial charge in [0.1, 0.15) is 5.75 Å². The molecule has 0 saturated carbocycles. The van der Waals surface area contributed by atoms with Crippen LogP contribution in [-0.2, 0) is 9.53 Å². The number of carbonyl (C=O) groups excluding carboxylic acids is 2. The van der Waals surface area contributed by atoms with E-state index in [4.69, 9.17) is 9.47 Å². The third kappa shape index (κ3) is 6.58. The van der Waals surface area contributed by atoms with Crippen molar-refractivity contribution in [2.75, 3.05) is 13.2 Å². The number of ether oxygens (including phenoxy) is 2. The first-order valence-corrected chi connectivity index (χ1v) is 11.2. The Morgan fingerprint density at radius 3 is 2.50 bits per heavy atom. The Labute approximate surface area is 190 Å². The fraction of sp³-hybridized carbons (Fsp3) is 0.333. The molecular weight excluding hydrogens is 402 g/mol. The fourth-order valence-electron chi connectivity index (χ4n) is 3.89. The molecule has 2 aromatic rings. The SMILES string of the molecule is CCOC(=O)/C=C/C1CCC=C(C(NC(=O)c2ccccc2)c2ccc(OCC)cc2)C1. The summed E-state index contributed by atoms with van der Waals surface area (Å²) in [5, 5.41) is 3.21. The summed E-state index contributed by atoms with van der Waals surface area (Å²) in [6, 6.07) is 16.8. The maximum Gasteiger partial charge on any atom is 0.330 e. The molecule has 0 saturated heterocycles. The highest BCUT2D eigenvalue weighted by Crippen LogP contribution is 2.34. The van der Waals surface area contributed by atoms with E-state index in [1.807, 2.05) is 67.6 Å². The van der Waals surface area contributed by atoms with E-state index in [-0.39, 0.29) is 23.8 Å². The zero-order valence-electron chi connectivity index (χ0n) is 18.8. The molecule has 0 spiro atoms. The molecule has 168 valence electrons. The zero-order valence-corrected chi connectivity index (χ0v) is 18.8. The van der Waals surface area contributed by atoms with Crippen LogP contribution >= 0.6 is 0 Å². The molecule has 0 radical (unpaired) electrons. The van der Waals surface area contributed by atoms with Gasteiger partial charge in [0, 0.05) is 11.6 Å². The van der Waals surface area contributed by atoms with Crippen molar-refractivity contribution in [1.29, 1.82) is 0 Å². The molecule has 1 N–H and O–H groups in total. The van der Waals surface area contributed by atoms with Crippen LogP contribution in [0.25, 0.3) is 0 Å². The predicted octanol–water partition coefficient (Wildman–Crippen LogP) is 5.40. The van der Waals surface area contributed by atoms with E-state index in [0.717, 1.165) is 36.1 Å². The third-order valence-corrected chi connectivity index (χ3v) is 5.44. The normalized spacial score (nSPS) is 16.8. The number of esters is 1. The number of carbonyl (C=O) groups is 2. The number of allylic oxidation sites excluding steroid dienone is 2. The predicted molar refractivity (Wildman–Crippen MR) is 125 cm³/mol. The average Bonchev–Trinajstić information content (AvgIpc) is 2.83. The van der Waals surface area contributed by atoms with Gasteiger partial charge in [0.2, 0.25) is 0 Å². The molecule has 1 amide bonds. The molecule has 3 rings (SSSR count). The molecule has 2 unspecified atom stereocenters. The summed E-state index contributed by atoms with van der Waals surface area (Å²) in [7, 11) is 0. The second-order valence-corrected chi connectivity index (χ2v) is 7.71. The minimum absolute atomic E-state index is 0.116. The van der Waals surface area contributed by atoms with Gasteiger partial charge in [0.15, 0.2) is 0 Å². The molecular formula is C27H31NO4. The molecule has 0 heterocycles. The number of benzene rings is 2. The van der Waals surface area contributed by atoms with Crippen molar-refractivity contribution < 1.29 is 19.1 Å². The van der Waals surface area contributed by atoms with Gasteiger partial charge >= 0.3 is 5.97 Å². The molecule has 1 aliphatic rings. The first-order valence-electron chi connectivity index (χ1n) is 11.2. The molecule has 32 heavy (non-hydrogen) atoms. The summed E-state index contributed by atoms with van der Waals surface area (Å²) < 4.78 is 10.6. The summed E-state index contributed by atoms with van der Waals surface area (Å²) in [6.45, 7) is 4.72. The third-order valence-electron chi connectivity index (χ3n) is 5.44. The lowest BCUT2D eigenvalue weighted by Crippen LogP contribution is -2.31. The van der Waals surface area contributed by atoms with Gasteiger partial charge < -0.3 is 14.8 Å². The van der Waals surface area contributed by atoms with Crippen molar-refractivity contribution in [2.24, 2.45) is 5.92 Å². The van der Waals surface area contributed by atoms with E-state index in [9.17, 15) is 9.59 Å². The van der Waals surface area contributed by atoms with E-state index in [1.165, 1.54) is 6.08 Å². The lowest BCUT2D eigenvalue weighted by atomic mass is 9.83. The van der Waals surface area contributed by atoms with E-state index >= 15 is 0 Å². The Bertz CT molecular complexity index is 947. The molecule has 1 aliphatic carbocycles. The number of amides is 1. The van der Waals surface area contributed by atoms with Gasteiger partial charge in [0.05, 0.1) is 19.3 Å². The van der Waals surface area contributed by atoms with E-state index in [0.29, 0.717) is 18.8 Å². The molecule has 0 fully saturated rings. The molecule has 0 aliphatic heterocycles. The van der Waals surface area contributed by atoms with Crippen molar-refractivity contribution in [2.45, 2.75) is 39.2 Å². The first kappa shape index (κ1) is 23.3. The van der Waals surface area contributed by atoms with Gasteiger partial charge in [0.25, 0.3) is 5.91 Å². The highest BCUT2D eigenvalue weighted by Gasteiger charge is 2.24. The number of hydrogen-bond donors (Lipinski definition) is 1. The molecule has 2 aromatic carbocycles. The van der Waals surface area contributed by atoms with Gasteiger partial charge in [-0.1, -0.05) is 42.5 Å². The Kier molecular flexibility index (Phi) is 8.67. The van der Waals surface area contributed by atoms with Crippen LogP contribution in [0.5, 0.6) is 5.75 Å². The Hall–Kier alpha value is -3.34. The minimum atomic E-state index is -0.316. The highest BCUT2D eigenvalue weighted by atomic mass is 16.5. The standard InChI is InChI=1S/C27H31NO4/c1-3-31-24-16-14-21(15-17-24)26(28-27(30)22-10-6-5-7-11-22)23-12-8-9-20(19-23)13-18-25(29)32-4-2/h5-7,10-18,20,26H,3-4,8-9,19H2,1-2H3,(H,28,30)/b18-13+. The van der Waals surface area contributed by atoms with E-state index in [2.05, 4.69) is 11.4 Å². The van der Waals surface area contributed by atoms with E-state index in [1.54, 1.807) is 6.92 Å². The largest absolute Gasteiger partial charge is 0.494 e. The molecule has 5 nitrogen and oxygen atoms in total. The van der Waals surface area contributed by atoms with Crippen LogP contribution in [0.3, 0.4) is 0 Å². The topological polar surface area (TPSA) is 64.6 Å². The fourth-order valence-corrected chi connectivity index (χ4v) is 3.89. The maximum atomic E-state index is 13.0. The van der Waals surface area contributed by atoms with E-state index < -0.39 is 0 Å². The van der Waals surface area contributed by atoms with Crippen molar-refractivity contribution in [3.8, 4) is 5.75 Å². The maximum absolute atomic E-state index is 13.0. The van der Waals surface area contributed by atoms with Crippen LogP contribution in [0, 0.1) is 5.92 Å².